The number of hydrogen-bond donors (Lipinski definition) is 4. The third-order valence-electron chi connectivity index (χ3n) is 3.78. The minimum absolute atomic E-state index is 0.00550. The topological polar surface area (TPSA) is 131 Å². The van der Waals surface area contributed by atoms with E-state index in [9.17, 15) is 14.4 Å². The van der Waals surface area contributed by atoms with Crippen molar-refractivity contribution in [3.8, 4) is 5.75 Å². The summed E-state index contributed by atoms with van der Waals surface area (Å²) in [7, 11) is 0. The number of ether oxygens (including phenoxy) is 1. The van der Waals surface area contributed by atoms with Crippen molar-refractivity contribution in [3.05, 3.63) is 24.3 Å². The summed E-state index contributed by atoms with van der Waals surface area (Å²) < 4.78 is 5.81. The summed E-state index contributed by atoms with van der Waals surface area (Å²) in [6.45, 7) is 0. The minimum atomic E-state index is -0.930. The number of carboxylic acid groups (broad SMARTS) is 1. The summed E-state index contributed by atoms with van der Waals surface area (Å²) >= 11 is 0. The molecule has 0 atom stereocenters. The largest absolute Gasteiger partial charge is 0.490 e. The standard InChI is InChI=1S/C15H19N3O5/c16-18-14(20)13(19)17-10-3-7-12(8-4-10)23-11-5-1-9(2-6-11)15(21)22/h3-4,7-9,11H,1-2,5-6,16H2,(H,17,19)(H,18,20)(H,21,22). The second kappa shape index (κ2) is 7.59. The van der Waals surface area contributed by atoms with Crippen LogP contribution >= 0.6 is 0 Å². The SMILES string of the molecule is NNC(=O)C(=O)Nc1ccc(OC2CCC(C(=O)O)CC2)cc1. The van der Waals surface area contributed by atoms with Crippen LogP contribution < -0.4 is 21.3 Å². The van der Waals surface area contributed by atoms with Gasteiger partial charge in [0.2, 0.25) is 0 Å². The second-order valence-electron chi connectivity index (χ2n) is 5.38. The molecule has 0 aromatic heterocycles. The Morgan fingerprint density at radius 1 is 1.04 bits per heavy atom. The molecule has 5 N–H and O–H groups in total. The number of hydrogen-bond acceptors (Lipinski definition) is 5. The Kier molecular flexibility index (Phi) is 5.53. The van der Waals surface area contributed by atoms with E-state index in [0.717, 1.165) is 0 Å². The van der Waals surface area contributed by atoms with Gasteiger partial charge in [0.05, 0.1) is 12.0 Å². The van der Waals surface area contributed by atoms with Gasteiger partial charge >= 0.3 is 17.8 Å². The molecule has 2 rings (SSSR count). The van der Waals surface area contributed by atoms with Crippen LogP contribution in [0.5, 0.6) is 5.75 Å². The molecular formula is C15H19N3O5. The van der Waals surface area contributed by atoms with Gasteiger partial charge in [0, 0.05) is 5.69 Å². The molecule has 1 aromatic rings. The summed E-state index contributed by atoms with van der Waals surface area (Å²) in [6, 6.07) is 6.58. The molecule has 0 spiro atoms. The van der Waals surface area contributed by atoms with Crippen molar-refractivity contribution >= 4 is 23.5 Å². The Balaban J connectivity index is 1.85. The van der Waals surface area contributed by atoms with Crippen molar-refractivity contribution in [1.29, 1.82) is 0 Å². The van der Waals surface area contributed by atoms with E-state index in [1.54, 1.807) is 29.7 Å². The molecule has 1 aliphatic rings. The third-order valence-corrected chi connectivity index (χ3v) is 3.78. The van der Waals surface area contributed by atoms with Gasteiger partial charge in [-0.2, -0.15) is 0 Å². The molecule has 8 nitrogen and oxygen atoms in total. The first-order chi connectivity index (χ1) is 11.0. The molecular weight excluding hydrogens is 302 g/mol. The van der Waals surface area contributed by atoms with Crippen LogP contribution in [0.3, 0.4) is 0 Å². The number of nitrogens with one attached hydrogen (secondary N) is 2. The lowest BCUT2D eigenvalue weighted by atomic mass is 9.87. The zero-order valence-electron chi connectivity index (χ0n) is 12.5. The molecule has 1 fully saturated rings. The predicted molar refractivity (Wildman–Crippen MR) is 81.4 cm³/mol. The van der Waals surface area contributed by atoms with Gasteiger partial charge in [-0.25, -0.2) is 5.84 Å². The monoisotopic (exact) mass is 321 g/mol. The number of benzene rings is 1. The molecule has 1 saturated carbocycles. The van der Waals surface area contributed by atoms with Crippen LogP contribution in [0.15, 0.2) is 24.3 Å². The van der Waals surface area contributed by atoms with Crippen LogP contribution in [0, 0.1) is 5.92 Å². The molecule has 2 amide bonds. The highest BCUT2D eigenvalue weighted by Crippen LogP contribution is 2.28. The van der Waals surface area contributed by atoms with Crippen LogP contribution in [0.2, 0.25) is 0 Å². The van der Waals surface area contributed by atoms with Gasteiger partial charge < -0.3 is 15.2 Å². The number of anilines is 1. The lowest BCUT2D eigenvalue weighted by Crippen LogP contribution is -2.39. The number of nitrogens with two attached hydrogens (primary N) is 1. The molecule has 23 heavy (non-hydrogen) atoms. The van der Waals surface area contributed by atoms with Crippen molar-refractivity contribution in [2.45, 2.75) is 31.8 Å². The quantitative estimate of drug-likeness (QED) is 0.278. The van der Waals surface area contributed by atoms with Crippen LogP contribution in [0.4, 0.5) is 5.69 Å². The van der Waals surface area contributed by atoms with Crippen LogP contribution in [0.25, 0.3) is 0 Å². The van der Waals surface area contributed by atoms with Crippen molar-refractivity contribution in [3.63, 3.8) is 0 Å². The van der Waals surface area contributed by atoms with Crippen molar-refractivity contribution in [2.24, 2.45) is 11.8 Å². The Labute approximate surface area is 133 Å². The average molecular weight is 321 g/mol. The number of aliphatic carboxylic acids is 1. The molecule has 0 aliphatic heterocycles. The Hall–Kier alpha value is -2.61. The number of rotatable bonds is 4. The molecule has 0 heterocycles. The maximum atomic E-state index is 11.3. The first-order valence-electron chi connectivity index (χ1n) is 7.31. The predicted octanol–water partition coefficient (Wildman–Crippen LogP) is 0.637. The summed E-state index contributed by atoms with van der Waals surface area (Å²) in [5.74, 6) is 2.69. The van der Waals surface area contributed by atoms with Gasteiger partial charge in [0.25, 0.3) is 0 Å². The minimum Gasteiger partial charge on any atom is -0.490 e. The van der Waals surface area contributed by atoms with Gasteiger partial charge in [0.1, 0.15) is 5.75 Å². The molecule has 124 valence electrons. The second-order valence-corrected chi connectivity index (χ2v) is 5.38. The number of amides is 2. The van der Waals surface area contributed by atoms with Crippen molar-refractivity contribution in [1.82, 2.24) is 5.43 Å². The van der Waals surface area contributed by atoms with Gasteiger partial charge in [-0.1, -0.05) is 0 Å². The van der Waals surface area contributed by atoms with Crippen molar-refractivity contribution < 1.29 is 24.2 Å². The number of carboxylic acids is 1. The van der Waals surface area contributed by atoms with Gasteiger partial charge in [-0.3, -0.25) is 19.8 Å². The molecule has 0 unspecified atom stereocenters. The Morgan fingerprint density at radius 3 is 2.17 bits per heavy atom. The summed E-state index contributed by atoms with van der Waals surface area (Å²) in [5, 5.41) is 11.4. The van der Waals surface area contributed by atoms with E-state index < -0.39 is 17.8 Å². The van der Waals surface area contributed by atoms with Gasteiger partial charge in [-0.05, 0) is 49.9 Å². The molecule has 0 bridgehead atoms. The van der Waals surface area contributed by atoms with Gasteiger partial charge in [-0.15, -0.1) is 0 Å². The van der Waals surface area contributed by atoms with E-state index in [1.807, 2.05) is 0 Å². The van der Waals surface area contributed by atoms with E-state index in [4.69, 9.17) is 15.7 Å². The molecule has 0 radical (unpaired) electrons. The highest BCUT2D eigenvalue weighted by molar-refractivity contribution is 6.39. The van der Waals surface area contributed by atoms with E-state index in [-0.39, 0.29) is 12.0 Å². The fraction of sp³-hybridized carbons (Fsp3) is 0.400. The smallest absolute Gasteiger partial charge is 0.323 e. The first kappa shape index (κ1) is 16.8. The number of hydrazine groups is 1. The van der Waals surface area contributed by atoms with E-state index in [1.165, 1.54) is 0 Å². The van der Waals surface area contributed by atoms with Crippen LogP contribution in [-0.4, -0.2) is 29.0 Å². The molecule has 1 aromatic carbocycles. The maximum Gasteiger partial charge on any atom is 0.323 e. The highest BCUT2D eigenvalue weighted by atomic mass is 16.5. The summed E-state index contributed by atoms with van der Waals surface area (Å²) in [4.78, 5) is 33.3. The molecule has 8 heteroatoms. The van der Waals surface area contributed by atoms with Crippen molar-refractivity contribution in [2.75, 3.05) is 5.32 Å². The fourth-order valence-electron chi connectivity index (χ4n) is 2.49. The zero-order valence-corrected chi connectivity index (χ0v) is 12.5. The summed E-state index contributed by atoms with van der Waals surface area (Å²) in [5.41, 5.74) is 2.19. The van der Waals surface area contributed by atoms with E-state index in [2.05, 4.69) is 5.32 Å². The first-order valence-corrected chi connectivity index (χ1v) is 7.31. The number of carbonyl (C=O) groups excluding carboxylic acids is 2. The van der Waals surface area contributed by atoms with Crippen LogP contribution in [-0.2, 0) is 14.4 Å². The Morgan fingerprint density at radius 2 is 1.65 bits per heavy atom. The lowest BCUT2D eigenvalue weighted by molar-refractivity contribution is -0.143. The third kappa shape index (κ3) is 4.68. The molecule has 0 saturated heterocycles. The zero-order chi connectivity index (χ0) is 16.8. The number of carbonyl (C=O) groups is 3. The Bertz CT molecular complexity index is 579. The van der Waals surface area contributed by atoms with E-state index in [0.29, 0.717) is 37.1 Å². The van der Waals surface area contributed by atoms with Gasteiger partial charge in [0.15, 0.2) is 0 Å². The van der Waals surface area contributed by atoms with E-state index >= 15 is 0 Å². The molecule has 1 aliphatic carbocycles. The summed E-state index contributed by atoms with van der Waals surface area (Å²) in [6.07, 6.45) is 2.62. The normalized spacial score (nSPS) is 20.4. The fourth-order valence-corrected chi connectivity index (χ4v) is 2.49. The maximum absolute atomic E-state index is 11.3. The highest BCUT2D eigenvalue weighted by Gasteiger charge is 2.26. The van der Waals surface area contributed by atoms with Crippen LogP contribution in [0.1, 0.15) is 25.7 Å². The lowest BCUT2D eigenvalue weighted by Gasteiger charge is -2.26. The average Bonchev–Trinajstić information content (AvgIpc) is 2.56.